The summed E-state index contributed by atoms with van der Waals surface area (Å²) in [5.74, 6) is 2.02. The smallest absolute Gasteiger partial charge is 0.193 e. The molecule has 0 bridgehead atoms. The van der Waals surface area contributed by atoms with Crippen molar-refractivity contribution in [3.05, 3.63) is 60.3 Å². The topological polar surface area (TPSA) is 53.0 Å². The van der Waals surface area contributed by atoms with Crippen LogP contribution < -0.4 is 10.2 Å². The van der Waals surface area contributed by atoms with Crippen molar-refractivity contribution in [1.29, 1.82) is 0 Å². The summed E-state index contributed by atoms with van der Waals surface area (Å²) < 4.78 is 5.94. The standard InChI is InChI=1S/C22H31N5O/c1-19(20-9-4-3-5-10-20)28-18-8-13-25-22(23-2)27-16-14-26(15-17-27)21-11-6-7-12-24-21/h3-7,9-12,19H,8,13-18H2,1-2H3,(H,23,25). The van der Waals surface area contributed by atoms with Crippen LogP contribution in [-0.2, 0) is 4.74 Å². The molecule has 1 aromatic carbocycles. The van der Waals surface area contributed by atoms with Crippen LogP contribution in [0.3, 0.4) is 0 Å². The zero-order chi connectivity index (χ0) is 19.6. The second-order valence-corrected chi connectivity index (χ2v) is 6.91. The number of nitrogens with zero attached hydrogens (tertiary/aromatic N) is 4. The van der Waals surface area contributed by atoms with E-state index in [0.717, 1.165) is 57.5 Å². The molecule has 1 saturated heterocycles. The number of benzene rings is 1. The maximum Gasteiger partial charge on any atom is 0.193 e. The minimum Gasteiger partial charge on any atom is -0.374 e. The van der Waals surface area contributed by atoms with Crippen molar-refractivity contribution in [3.8, 4) is 0 Å². The molecule has 0 aliphatic carbocycles. The minimum atomic E-state index is 0.125. The zero-order valence-electron chi connectivity index (χ0n) is 16.9. The Morgan fingerprint density at radius 2 is 1.86 bits per heavy atom. The molecule has 0 radical (unpaired) electrons. The number of aromatic nitrogens is 1. The Hall–Kier alpha value is -2.60. The molecule has 0 spiro atoms. The predicted octanol–water partition coefficient (Wildman–Crippen LogP) is 2.95. The van der Waals surface area contributed by atoms with E-state index in [9.17, 15) is 0 Å². The van der Waals surface area contributed by atoms with Gasteiger partial charge < -0.3 is 19.9 Å². The van der Waals surface area contributed by atoms with Crippen molar-refractivity contribution in [2.75, 3.05) is 51.3 Å². The number of pyridine rings is 1. The molecule has 1 aromatic heterocycles. The van der Waals surface area contributed by atoms with Crippen molar-refractivity contribution in [1.82, 2.24) is 15.2 Å². The fraction of sp³-hybridized carbons (Fsp3) is 0.455. The Bertz CT molecular complexity index is 714. The number of hydrogen-bond donors (Lipinski definition) is 1. The van der Waals surface area contributed by atoms with Crippen LogP contribution in [0.25, 0.3) is 0 Å². The lowest BCUT2D eigenvalue weighted by Crippen LogP contribution is -2.52. The molecule has 1 aliphatic heterocycles. The summed E-state index contributed by atoms with van der Waals surface area (Å²) >= 11 is 0. The molecule has 0 saturated carbocycles. The highest BCUT2D eigenvalue weighted by atomic mass is 16.5. The summed E-state index contributed by atoms with van der Waals surface area (Å²) in [6.45, 7) is 7.48. The molecule has 1 aliphatic rings. The first-order valence-electron chi connectivity index (χ1n) is 10.1. The summed E-state index contributed by atoms with van der Waals surface area (Å²) in [6.07, 6.45) is 2.92. The van der Waals surface area contributed by atoms with E-state index in [1.807, 2.05) is 43.6 Å². The monoisotopic (exact) mass is 381 g/mol. The number of rotatable bonds is 7. The Labute approximate surface area is 168 Å². The van der Waals surface area contributed by atoms with Gasteiger partial charge in [0.2, 0.25) is 0 Å². The van der Waals surface area contributed by atoms with Crippen LogP contribution in [0.2, 0.25) is 0 Å². The van der Waals surface area contributed by atoms with Crippen molar-refractivity contribution < 1.29 is 4.74 Å². The quantitative estimate of drug-likeness (QED) is 0.454. The summed E-state index contributed by atoms with van der Waals surface area (Å²) in [5.41, 5.74) is 1.22. The number of hydrogen-bond acceptors (Lipinski definition) is 4. The lowest BCUT2D eigenvalue weighted by Gasteiger charge is -2.37. The molecule has 3 rings (SSSR count). The summed E-state index contributed by atoms with van der Waals surface area (Å²) in [5, 5.41) is 3.47. The average Bonchev–Trinajstić information content (AvgIpc) is 2.77. The first-order chi connectivity index (χ1) is 13.8. The van der Waals surface area contributed by atoms with Crippen LogP contribution in [0.5, 0.6) is 0 Å². The normalized spacial score (nSPS) is 16.1. The van der Waals surface area contributed by atoms with Crippen LogP contribution in [0, 0.1) is 0 Å². The fourth-order valence-corrected chi connectivity index (χ4v) is 3.37. The van der Waals surface area contributed by atoms with Crippen molar-refractivity contribution in [2.24, 2.45) is 4.99 Å². The Morgan fingerprint density at radius 3 is 2.54 bits per heavy atom. The Kier molecular flexibility index (Phi) is 7.67. The van der Waals surface area contributed by atoms with Crippen molar-refractivity contribution in [2.45, 2.75) is 19.4 Å². The van der Waals surface area contributed by atoms with Crippen molar-refractivity contribution >= 4 is 11.8 Å². The SMILES string of the molecule is CN=C(NCCCOC(C)c1ccccc1)N1CCN(c2ccccn2)CC1. The van der Waals surface area contributed by atoms with Gasteiger partial charge in [-0.05, 0) is 31.0 Å². The van der Waals surface area contributed by atoms with Crippen LogP contribution >= 0.6 is 0 Å². The zero-order valence-corrected chi connectivity index (χ0v) is 16.9. The molecule has 2 aromatic rings. The lowest BCUT2D eigenvalue weighted by molar-refractivity contribution is 0.0645. The molecule has 28 heavy (non-hydrogen) atoms. The molecular formula is C22H31N5O. The first-order valence-corrected chi connectivity index (χ1v) is 10.1. The summed E-state index contributed by atoms with van der Waals surface area (Å²) in [6, 6.07) is 16.4. The molecule has 6 heteroatoms. The molecule has 1 fully saturated rings. The van der Waals surface area contributed by atoms with Crippen LogP contribution in [-0.4, -0.2) is 62.2 Å². The number of guanidine groups is 1. The van der Waals surface area contributed by atoms with Gasteiger partial charge in [-0.1, -0.05) is 36.4 Å². The van der Waals surface area contributed by atoms with E-state index in [2.05, 4.69) is 50.2 Å². The molecule has 1 N–H and O–H groups in total. The van der Waals surface area contributed by atoms with E-state index in [1.165, 1.54) is 5.56 Å². The fourth-order valence-electron chi connectivity index (χ4n) is 3.37. The summed E-state index contributed by atoms with van der Waals surface area (Å²) in [7, 11) is 1.85. The first kappa shape index (κ1) is 20.1. The number of ether oxygens (including phenoxy) is 1. The van der Waals surface area contributed by atoms with E-state index < -0.39 is 0 Å². The highest BCUT2D eigenvalue weighted by Crippen LogP contribution is 2.16. The van der Waals surface area contributed by atoms with E-state index >= 15 is 0 Å². The van der Waals surface area contributed by atoms with Gasteiger partial charge in [0.05, 0.1) is 6.10 Å². The van der Waals surface area contributed by atoms with E-state index in [-0.39, 0.29) is 6.10 Å². The molecule has 150 valence electrons. The van der Waals surface area contributed by atoms with Gasteiger partial charge in [0.15, 0.2) is 5.96 Å². The molecular weight excluding hydrogens is 350 g/mol. The molecule has 1 unspecified atom stereocenters. The minimum absolute atomic E-state index is 0.125. The summed E-state index contributed by atoms with van der Waals surface area (Å²) in [4.78, 5) is 13.5. The number of nitrogens with one attached hydrogen (secondary N) is 1. The third-order valence-corrected chi connectivity index (χ3v) is 5.01. The highest BCUT2D eigenvalue weighted by molar-refractivity contribution is 5.80. The largest absolute Gasteiger partial charge is 0.374 e. The Morgan fingerprint density at radius 1 is 1.11 bits per heavy atom. The van der Waals surface area contributed by atoms with Crippen LogP contribution in [0.15, 0.2) is 59.7 Å². The Balaban J connectivity index is 1.35. The molecule has 6 nitrogen and oxygen atoms in total. The number of aliphatic imine (C=N–C) groups is 1. The van der Waals surface area contributed by atoms with Gasteiger partial charge >= 0.3 is 0 Å². The van der Waals surface area contributed by atoms with Crippen molar-refractivity contribution in [3.63, 3.8) is 0 Å². The predicted molar refractivity (Wildman–Crippen MR) is 115 cm³/mol. The van der Waals surface area contributed by atoms with Gasteiger partial charge in [0.25, 0.3) is 0 Å². The van der Waals surface area contributed by atoms with Gasteiger partial charge in [-0.3, -0.25) is 4.99 Å². The second kappa shape index (κ2) is 10.7. The van der Waals surface area contributed by atoms with Gasteiger partial charge in [0, 0.05) is 52.6 Å². The van der Waals surface area contributed by atoms with Gasteiger partial charge in [-0.2, -0.15) is 0 Å². The second-order valence-electron chi connectivity index (χ2n) is 6.91. The number of anilines is 1. The van der Waals surface area contributed by atoms with E-state index in [4.69, 9.17) is 4.74 Å². The van der Waals surface area contributed by atoms with Gasteiger partial charge in [-0.15, -0.1) is 0 Å². The number of piperazine rings is 1. The van der Waals surface area contributed by atoms with E-state index in [1.54, 1.807) is 0 Å². The molecule has 0 amide bonds. The maximum atomic E-state index is 5.94. The van der Waals surface area contributed by atoms with Gasteiger partial charge in [-0.25, -0.2) is 4.98 Å². The van der Waals surface area contributed by atoms with E-state index in [0.29, 0.717) is 0 Å². The molecule has 1 atom stereocenters. The maximum absolute atomic E-state index is 5.94. The third kappa shape index (κ3) is 5.70. The van der Waals surface area contributed by atoms with Crippen LogP contribution in [0.1, 0.15) is 25.0 Å². The highest BCUT2D eigenvalue weighted by Gasteiger charge is 2.20. The van der Waals surface area contributed by atoms with Gasteiger partial charge in [0.1, 0.15) is 5.82 Å². The lowest BCUT2D eigenvalue weighted by atomic mass is 10.1. The third-order valence-electron chi connectivity index (χ3n) is 5.01. The molecule has 2 heterocycles. The van der Waals surface area contributed by atoms with Crippen LogP contribution in [0.4, 0.5) is 5.82 Å². The average molecular weight is 382 g/mol.